The molecule has 0 aromatic rings. The highest BCUT2D eigenvalue weighted by Crippen LogP contribution is 2.25. The second kappa shape index (κ2) is 2.74. The van der Waals surface area contributed by atoms with Crippen LogP contribution in [0.1, 0.15) is 12.8 Å². The molecule has 0 spiro atoms. The first-order valence-corrected chi connectivity index (χ1v) is 3.16. The molecule has 6 radical (unpaired) electrons. The number of hydrogen-bond acceptors (Lipinski definition) is 3. The Balaban J connectivity index is 2.15. The molecule has 8 heavy (non-hydrogen) atoms. The van der Waals surface area contributed by atoms with Crippen molar-refractivity contribution >= 4 is 21.0 Å². The van der Waals surface area contributed by atoms with E-state index in [0.717, 1.165) is 12.8 Å². The summed E-state index contributed by atoms with van der Waals surface area (Å²) in [6.07, 6.45) is 2.27. The minimum Gasteiger partial charge on any atom is -0.323 e. The van der Waals surface area contributed by atoms with Crippen molar-refractivity contribution in [3.05, 3.63) is 0 Å². The van der Waals surface area contributed by atoms with Gasteiger partial charge in [-0.1, -0.05) is 5.23 Å². The van der Waals surface area contributed by atoms with E-state index in [1.165, 1.54) is 5.23 Å². The molecule has 1 rings (SSSR count). The van der Waals surface area contributed by atoms with E-state index in [1.54, 1.807) is 0 Å². The third-order valence-electron chi connectivity index (χ3n) is 1.02. The highest BCUT2D eigenvalue weighted by atomic mass is 28.2. The largest absolute Gasteiger partial charge is 0.323 e. The molecular weight excluding hydrogens is 138 g/mol. The molecule has 5 heteroatoms. The van der Waals surface area contributed by atoms with Crippen LogP contribution in [0.5, 0.6) is 0 Å². The van der Waals surface area contributed by atoms with Crippen LogP contribution < -0.4 is 0 Å². The minimum absolute atomic E-state index is 0.421. The molecule has 1 aliphatic rings. The topological polar surface area (TPSA) is 21.7 Å². The smallest absolute Gasteiger partial charge is 0.284 e. The lowest BCUT2D eigenvalue weighted by molar-refractivity contribution is -0.261. The van der Waals surface area contributed by atoms with Crippen LogP contribution in [0, 0.1) is 0 Å². The first kappa shape index (κ1) is 6.43. The lowest BCUT2D eigenvalue weighted by Gasteiger charge is -2.14. The van der Waals surface area contributed by atoms with Crippen LogP contribution in [-0.2, 0) is 9.05 Å². The highest BCUT2D eigenvalue weighted by molar-refractivity contribution is 5.99. The monoisotopic (exact) mass is 143 g/mol. The van der Waals surface area contributed by atoms with Crippen LogP contribution in [0.25, 0.3) is 0 Å². The molecule has 3 nitrogen and oxygen atoms in total. The molecule has 0 unspecified atom stereocenters. The highest BCUT2D eigenvalue weighted by Gasteiger charge is 2.29. The SMILES string of the molecule is [Si]ON(O[Si])C1CC1. The summed E-state index contributed by atoms with van der Waals surface area (Å²) in [7, 11) is 5.66. The maximum Gasteiger partial charge on any atom is 0.284 e. The Labute approximate surface area is 54.9 Å². The number of hydrogen-bond donors (Lipinski definition) is 0. The van der Waals surface area contributed by atoms with Gasteiger partial charge in [-0.2, -0.15) is 0 Å². The van der Waals surface area contributed by atoms with Gasteiger partial charge in [-0.3, -0.25) is 0 Å². The number of nitrogens with zero attached hydrogens (tertiary/aromatic N) is 1. The summed E-state index contributed by atoms with van der Waals surface area (Å²) in [6.45, 7) is 0. The van der Waals surface area contributed by atoms with Crippen molar-refractivity contribution in [2.24, 2.45) is 0 Å². The Morgan fingerprint density at radius 1 is 1.25 bits per heavy atom. The second-order valence-corrected chi connectivity index (χ2v) is 2.06. The first-order chi connectivity index (χ1) is 3.88. The third-order valence-corrected chi connectivity index (χ3v) is 1.38. The van der Waals surface area contributed by atoms with Crippen molar-refractivity contribution in [3.8, 4) is 0 Å². The summed E-state index contributed by atoms with van der Waals surface area (Å²) < 4.78 is 9.18. The molecule has 0 N–H and O–H groups in total. The molecule has 1 saturated carbocycles. The van der Waals surface area contributed by atoms with Crippen LogP contribution in [0.15, 0.2) is 0 Å². The summed E-state index contributed by atoms with van der Waals surface area (Å²) in [5, 5.41) is 1.35. The average molecular weight is 143 g/mol. The van der Waals surface area contributed by atoms with Gasteiger partial charge in [-0.05, 0) is 12.8 Å². The lowest BCUT2D eigenvalue weighted by atomic mass is 10.8. The predicted molar refractivity (Wildman–Crippen MR) is 28.5 cm³/mol. The van der Waals surface area contributed by atoms with E-state index < -0.39 is 0 Å². The van der Waals surface area contributed by atoms with Crippen LogP contribution >= 0.6 is 0 Å². The average Bonchev–Trinajstić information content (AvgIpc) is 2.53. The van der Waals surface area contributed by atoms with Gasteiger partial charge < -0.3 is 9.05 Å². The van der Waals surface area contributed by atoms with Gasteiger partial charge in [0, 0.05) is 0 Å². The molecule has 0 bridgehead atoms. The second-order valence-electron chi connectivity index (χ2n) is 1.70. The standard InChI is InChI=1S/C3H5NO2Si2/c7-5-4(6-8)3-1-2-3/h3H,1-2H2. The maximum atomic E-state index is 4.59. The fourth-order valence-electron chi connectivity index (χ4n) is 0.453. The first-order valence-electron chi connectivity index (χ1n) is 2.35. The Hall–Kier alpha value is 0.314. The molecule has 0 atom stereocenters. The molecule has 0 amide bonds. The van der Waals surface area contributed by atoms with E-state index in [1.807, 2.05) is 0 Å². The third kappa shape index (κ3) is 1.39. The lowest BCUT2D eigenvalue weighted by Crippen LogP contribution is -2.24. The van der Waals surface area contributed by atoms with Crippen molar-refractivity contribution in [2.75, 3.05) is 0 Å². The van der Waals surface area contributed by atoms with Crippen LogP contribution in [-0.4, -0.2) is 32.2 Å². The molecule has 0 heterocycles. The number of hydroxylamine groups is 2. The summed E-state index contributed by atoms with van der Waals surface area (Å²) in [5.41, 5.74) is 0. The van der Waals surface area contributed by atoms with Gasteiger partial charge in [0.25, 0.3) is 21.0 Å². The predicted octanol–water partition coefficient (Wildman–Crippen LogP) is -0.519. The zero-order valence-electron chi connectivity index (χ0n) is 4.26. The van der Waals surface area contributed by atoms with E-state index in [4.69, 9.17) is 0 Å². The Bertz CT molecular complexity index is 73.7. The summed E-state index contributed by atoms with van der Waals surface area (Å²) in [6, 6.07) is 0.421. The zero-order valence-corrected chi connectivity index (χ0v) is 6.26. The maximum absolute atomic E-state index is 4.59. The van der Waals surface area contributed by atoms with Crippen LogP contribution in [0.3, 0.4) is 0 Å². The molecule has 0 aromatic carbocycles. The molecule has 1 fully saturated rings. The summed E-state index contributed by atoms with van der Waals surface area (Å²) in [4.78, 5) is 0. The Morgan fingerprint density at radius 3 is 1.88 bits per heavy atom. The van der Waals surface area contributed by atoms with Gasteiger partial charge in [0.2, 0.25) is 0 Å². The van der Waals surface area contributed by atoms with E-state index in [9.17, 15) is 0 Å². The van der Waals surface area contributed by atoms with Crippen molar-refractivity contribution in [3.63, 3.8) is 0 Å². The normalized spacial score (nSPS) is 19.9. The van der Waals surface area contributed by atoms with Gasteiger partial charge >= 0.3 is 0 Å². The van der Waals surface area contributed by atoms with Gasteiger partial charge in [0.05, 0.1) is 6.04 Å². The van der Waals surface area contributed by atoms with Gasteiger partial charge in [0.1, 0.15) is 0 Å². The van der Waals surface area contributed by atoms with Gasteiger partial charge in [-0.15, -0.1) is 0 Å². The minimum atomic E-state index is 0.421. The molecule has 1 aliphatic carbocycles. The Morgan fingerprint density at radius 2 is 1.75 bits per heavy atom. The fraction of sp³-hybridized carbons (Fsp3) is 1.00. The molecule has 0 saturated heterocycles. The van der Waals surface area contributed by atoms with Crippen LogP contribution in [0.2, 0.25) is 0 Å². The van der Waals surface area contributed by atoms with Crippen molar-refractivity contribution < 1.29 is 9.05 Å². The van der Waals surface area contributed by atoms with Gasteiger partial charge in [0.15, 0.2) is 0 Å². The van der Waals surface area contributed by atoms with Crippen LogP contribution in [0.4, 0.5) is 0 Å². The van der Waals surface area contributed by atoms with Crippen molar-refractivity contribution in [2.45, 2.75) is 18.9 Å². The quantitative estimate of drug-likeness (QED) is 0.392. The zero-order chi connectivity index (χ0) is 5.98. The molecule has 0 aliphatic heterocycles. The fourth-order valence-corrected chi connectivity index (χ4v) is 0.900. The van der Waals surface area contributed by atoms with E-state index in [2.05, 4.69) is 30.0 Å². The van der Waals surface area contributed by atoms with E-state index in [0.29, 0.717) is 6.04 Å². The molecule has 0 aromatic heterocycles. The molecular formula is C3H5NO2Si2. The number of rotatable bonds is 3. The van der Waals surface area contributed by atoms with E-state index >= 15 is 0 Å². The summed E-state index contributed by atoms with van der Waals surface area (Å²) >= 11 is 0. The Kier molecular flexibility index (Phi) is 2.20. The summed E-state index contributed by atoms with van der Waals surface area (Å²) in [5.74, 6) is 0. The molecule has 42 valence electrons. The van der Waals surface area contributed by atoms with Crippen molar-refractivity contribution in [1.29, 1.82) is 0 Å². The van der Waals surface area contributed by atoms with Gasteiger partial charge in [-0.25, -0.2) is 0 Å². The van der Waals surface area contributed by atoms with Crippen molar-refractivity contribution in [1.82, 2.24) is 5.23 Å². The van der Waals surface area contributed by atoms with E-state index in [-0.39, 0.29) is 0 Å².